The third-order valence-electron chi connectivity index (χ3n) is 6.89. The number of carbonyl (C=O) groups excluding carboxylic acids is 1. The molecule has 1 saturated carbocycles. The lowest BCUT2D eigenvalue weighted by molar-refractivity contribution is -0.00954. The van der Waals surface area contributed by atoms with Gasteiger partial charge in [-0.2, -0.15) is 0 Å². The van der Waals surface area contributed by atoms with E-state index < -0.39 is 0 Å². The van der Waals surface area contributed by atoms with Crippen molar-refractivity contribution in [1.29, 1.82) is 0 Å². The van der Waals surface area contributed by atoms with Gasteiger partial charge in [-0.1, -0.05) is 6.92 Å². The molecule has 2 fully saturated rings. The molecule has 0 spiro atoms. The SMILES string of the molecule is COCC1CN(C2CCC([C@@H](C)c3sc4c(c3C)C(=O)NCC4)CC2)C1. The molecule has 0 aromatic carbocycles. The van der Waals surface area contributed by atoms with Crippen molar-refractivity contribution in [3.8, 4) is 0 Å². The Labute approximate surface area is 161 Å². The van der Waals surface area contributed by atoms with Gasteiger partial charge in [-0.05, 0) is 56.4 Å². The number of nitrogens with one attached hydrogen (secondary N) is 1. The van der Waals surface area contributed by atoms with Crippen molar-refractivity contribution in [2.75, 3.05) is 33.4 Å². The number of carbonyl (C=O) groups is 1. The number of thiophene rings is 1. The van der Waals surface area contributed by atoms with Gasteiger partial charge < -0.3 is 10.1 Å². The first kappa shape index (κ1) is 18.5. The van der Waals surface area contributed by atoms with Crippen LogP contribution in [-0.4, -0.2) is 50.2 Å². The summed E-state index contributed by atoms with van der Waals surface area (Å²) in [6.07, 6.45) is 6.32. The fraction of sp³-hybridized carbons (Fsp3) is 0.762. The zero-order chi connectivity index (χ0) is 18.3. The van der Waals surface area contributed by atoms with E-state index in [1.54, 1.807) is 0 Å². The highest BCUT2D eigenvalue weighted by Gasteiger charge is 2.36. The van der Waals surface area contributed by atoms with Crippen LogP contribution in [-0.2, 0) is 11.2 Å². The van der Waals surface area contributed by atoms with Gasteiger partial charge in [-0.15, -0.1) is 11.3 Å². The predicted molar refractivity (Wildman–Crippen MR) is 106 cm³/mol. The van der Waals surface area contributed by atoms with Crippen molar-refractivity contribution in [3.05, 3.63) is 20.9 Å². The molecule has 5 heteroatoms. The zero-order valence-electron chi connectivity index (χ0n) is 16.3. The highest BCUT2D eigenvalue weighted by Crippen LogP contribution is 2.43. The number of fused-ring (bicyclic) bond motifs is 1. The largest absolute Gasteiger partial charge is 0.384 e. The third kappa shape index (κ3) is 3.34. The molecule has 1 amide bonds. The molecule has 4 rings (SSSR count). The third-order valence-corrected chi connectivity index (χ3v) is 8.44. The molecule has 1 N–H and O–H groups in total. The number of hydrogen-bond donors (Lipinski definition) is 1. The van der Waals surface area contributed by atoms with Crippen molar-refractivity contribution in [3.63, 3.8) is 0 Å². The van der Waals surface area contributed by atoms with Crippen molar-refractivity contribution in [1.82, 2.24) is 10.2 Å². The number of likely N-dealkylation sites (tertiary alicyclic amines) is 1. The van der Waals surface area contributed by atoms with E-state index in [1.165, 1.54) is 54.1 Å². The van der Waals surface area contributed by atoms with Crippen LogP contribution in [0.2, 0.25) is 0 Å². The second kappa shape index (κ2) is 7.61. The number of rotatable bonds is 5. The Hall–Kier alpha value is -0.910. The predicted octanol–water partition coefficient (Wildman–Crippen LogP) is 3.58. The van der Waals surface area contributed by atoms with Crippen LogP contribution in [0.15, 0.2) is 0 Å². The Morgan fingerprint density at radius 1 is 1.27 bits per heavy atom. The number of nitrogens with zero attached hydrogens (tertiary/aromatic N) is 1. The van der Waals surface area contributed by atoms with Gasteiger partial charge >= 0.3 is 0 Å². The zero-order valence-corrected chi connectivity index (χ0v) is 17.2. The number of methoxy groups -OCH3 is 1. The Morgan fingerprint density at radius 2 is 2.00 bits per heavy atom. The molecule has 0 bridgehead atoms. The number of hydrogen-bond acceptors (Lipinski definition) is 4. The van der Waals surface area contributed by atoms with Crippen LogP contribution in [0.5, 0.6) is 0 Å². The van der Waals surface area contributed by atoms with E-state index in [2.05, 4.69) is 24.1 Å². The summed E-state index contributed by atoms with van der Waals surface area (Å²) in [6, 6.07) is 0.787. The van der Waals surface area contributed by atoms with Crippen LogP contribution in [0.4, 0.5) is 0 Å². The topological polar surface area (TPSA) is 41.6 Å². The van der Waals surface area contributed by atoms with Gasteiger partial charge in [0.1, 0.15) is 0 Å². The lowest BCUT2D eigenvalue weighted by atomic mass is 9.76. The van der Waals surface area contributed by atoms with Gasteiger partial charge in [-0.25, -0.2) is 0 Å². The minimum atomic E-state index is 0.144. The minimum Gasteiger partial charge on any atom is -0.384 e. The molecule has 1 aliphatic carbocycles. The normalized spacial score (nSPS) is 28.3. The maximum absolute atomic E-state index is 12.2. The van der Waals surface area contributed by atoms with E-state index in [9.17, 15) is 4.79 Å². The molecule has 1 saturated heterocycles. The first-order valence-corrected chi connectivity index (χ1v) is 11.0. The van der Waals surface area contributed by atoms with Crippen molar-refractivity contribution >= 4 is 17.2 Å². The molecule has 1 atom stereocenters. The molecule has 144 valence electrons. The van der Waals surface area contributed by atoms with Gasteiger partial charge in [0, 0.05) is 48.5 Å². The number of ether oxygens (including phenoxy) is 1. The van der Waals surface area contributed by atoms with Gasteiger partial charge in [-0.3, -0.25) is 9.69 Å². The highest BCUT2D eigenvalue weighted by atomic mass is 32.1. The van der Waals surface area contributed by atoms with Gasteiger partial charge in [0.2, 0.25) is 0 Å². The van der Waals surface area contributed by atoms with E-state index in [1.807, 2.05) is 18.4 Å². The molecule has 3 heterocycles. The van der Waals surface area contributed by atoms with Crippen molar-refractivity contribution in [2.45, 2.75) is 57.9 Å². The van der Waals surface area contributed by atoms with Crippen molar-refractivity contribution in [2.24, 2.45) is 11.8 Å². The Kier molecular flexibility index (Phi) is 5.40. The highest BCUT2D eigenvalue weighted by molar-refractivity contribution is 7.12. The summed E-state index contributed by atoms with van der Waals surface area (Å²) < 4.78 is 5.28. The lowest BCUT2D eigenvalue weighted by Crippen LogP contribution is -2.54. The molecule has 4 nitrogen and oxygen atoms in total. The quantitative estimate of drug-likeness (QED) is 0.854. The molecule has 3 aliphatic rings. The molecular weight excluding hydrogens is 344 g/mol. The lowest BCUT2D eigenvalue weighted by Gasteiger charge is -2.47. The van der Waals surface area contributed by atoms with Crippen LogP contribution < -0.4 is 5.32 Å². The van der Waals surface area contributed by atoms with Gasteiger partial charge in [0.25, 0.3) is 5.91 Å². The summed E-state index contributed by atoms with van der Waals surface area (Å²) in [4.78, 5) is 17.7. The van der Waals surface area contributed by atoms with Crippen molar-refractivity contribution < 1.29 is 9.53 Å². The molecule has 0 radical (unpaired) electrons. The molecule has 26 heavy (non-hydrogen) atoms. The van der Waals surface area contributed by atoms with E-state index in [0.717, 1.165) is 43.0 Å². The maximum atomic E-state index is 12.2. The maximum Gasteiger partial charge on any atom is 0.252 e. The van der Waals surface area contributed by atoms with E-state index in [-0.39, 0.29) is 5.91 Å². The Bertz CT molecular complexity index is 657. The monoisotopic (exact) mass is 376 g/mol. The Balaban J connectivity index is 1.36. The van der Waals surface area contributed by atoms with Crippen LogP contribution >= 0.6 is 11.3 Å². The molecule has 2 aliphatic heterocycles. The fourth-order valence-electron chi connectivity index (χ4n) is 5.31. The average molecular weight is 377 g/mol. The first-order valence-electron chi connectivity index (χ1n) is 10.2. The second-order valence-electron chi connectivity index (χ2n) is 8.53. The standard InChI is InChI=1S/C21H32N2O2S/c1-13(20-14(2)19-18(26-20)8-9-22-21(19)24)16-4-6-17(7-5-16)23-10-15(11-23)12-25-3/h13,15-17H,4-12H2,1-3H3,(H,22,24)/t13-,16?,17?/m1/s1. The van der Waals surface area contributed by atoms with E-state index in [4.69, 9.17) is 4.74 Å². The van der Waals surface area contributed by atoms with Crippen LogP contribution in [0.25, 0.3) is 0 Å². The molecular formula is C21H32N2O2S. The van der Waals surface area contributed by atoms with E-state index >= 15 is 0 Å². The molecule has 1 aromatic rings. The summed E-state index contributed by atoms with van der Waals surface area (Å²) in [5.41, 5.74) is 2.24. The first-order chi connectivity index (χ1) is 12.6. The van der Waals surface area contributed by atoms with Crippen LogP contribution in [0.1, 0.15) is 64.2 Å². The van der Waals surface area contributed by atoms with Crippen LogP contribution in [0, 0.1) is 18.8 Å². The average Bonchev–Trinajstić information content (AvgIpc) is 2.95. The Morgan fingerprint density at radius 3 is 2.65 bits per heavy atom. The number of amides is 1. The summed E-state index contributed by atoms with van der Waals surface area (Å²) in [7, 11) is 1.81. The fourth-order valence-corrected chi connectivity index (χ4v) is 6.76. The molecule has 1 aromatic heterocycles. The second-order valence-corrected chi connectivity index (χ2v) is 9.66. The summed E-state index contributed by atoms with van der Waals surface area (Å²) in [5.74, 6) is 2.24. The summed E-state index contributed by atoms with van der Waals surface area (Å²) in [5, 5.41) is 3.01. The van der Waals surface area contributed by atoms with Crippen LogP contribution in [0.3, 0.4) is 0 Å². The summed E-state index contributed by atoms with van der Waals surface area (Å²) >= 11 is 1.91. The minimum absolute atomic E-state index is 0.144. The van der Waals surface area contributed by atoms with Gasteiger partial charge in [0.05, 0.1) is 12.2 Å². The summed E-state index contributed by atoms with van der Waals surface area (Å²) in [6.45, 7) is 8.72. The van der Waals surface area contributed by atoms with E-state index in [0.29, 0.717) is 5.92 Å². The molecule has 0 unspecified atom stereocenters. The van der Waals surface area contributed by atoms with Gasteiger partial charge in [0.15, 0.2) is 0 Å². The smallest absolute Gasteiger partial charge is 0.252 e.